The van der Waals surface area contributed by atoms with Gasteiger partial charge in [0.15, 0.2) is 0 Å². The van der Waals surface area contributed by atoms with Gasteiger partial charge in [-0.3, -0.25) is 9.80 Å². The van der Waals surface area contributed by atoms with E-state index >= 15 is 0 Å². The molecule has 2 unspecified atom stereocenters. The number of carboxylic acid groups (broad SMARTS) is 2. The lowest BCUT2D eigenvalue weighted by Crippen LogP contribution is -2.53. The zero-order valence-corrected chi connectivity index (χ0v) is 21.4. The predicted molar refractivity (Wildman–Crippen MR) is 117 cm³/mol. The van der Waals surface area contributed by atoms with Crippen LogP contribution in [-0.4, -0.2) is 93.9 Å². The van der Waals surface area contributed by atoms with Crippen molar-refractivity contribution in [3.05, 3.63) is 0 Å². The molecule has 2 rings (SSSR count). The van der Waals surface area contributed by atoms with Crippen LogP contribution in [0.3, 0.4) is 0 Å². The molecule has 0 aliphatic heterocycles. The Morgan fingerprint density at radius 2 is 0.854 bits per heavy atom. The molecule has 41 heavy (non-hydrogen) atoms. The summed E-state index contributed by atoms with van der Waals surface area (Å²) >= 11 is 0. The van der Waals surface area contributed by atoms with E-state index in [4.69, 9.17) is 0 Å². The van der Waals surface area contributed by atoms with Crippen molar-refractivity contribution in [1.29, 1.82) is 0 Å². The normalized spacial score (nSPS) is 26.2. The van der Waals surface area contributed by atoms with Gasteiger partial charge in [-0.05, 0) is 69.6 Å². The number of nitrogens with zero attached hydrogens (tertiary/aromatic N) is 2. The van der Waals surface area contributed by atoms with Crippen molar-refractivity contribution < 1.29 is 72.5 Å². The maximum atomic E-state index is 13.8. The Morgan fingerprint density at radius 3 is 1.07 bits per heavy atom. The first-order chi connectivity index (χ1) is 18.6. The van der Waals surface area contributed by atoms with E-state index in [-0.39, 0.29) is 47.3 Å². The number of alkyl halides is 12. The van der Waals surface area contributed by atoms with E-state index in [1.54, 1.807) is 0 Å². The fraction of sp³-hybridized carbons (Fsp3) is 0.913. The second-order valence-electron chi connectivity index (χ2n) is 10.7. The molecule has 0 bridgehead atoms. The van der Waals surface area contributed by atoms with Gasteiger partial charge in [0.05, 0.1) is 13.1 Å². The summed E-state index contributed by atoms with van der Waals surface area (Å²) in [5.74, 6) is -10.2. The summed E-state index contributed by atoms with van der Waals surface area (Å²) in [6.45, 7) is -3.96. The van der Waals surface area contributed by atoms with E-state index in [1.807, 2.05) is 0 Å². The summed E-state index contributed by atoms with van der Waals surface area (Å²) in [7, 11) is 0. The van der Waals surface area contributed by atoms with Crippen molar-refractivity contribution in [2.75, 3.05) is 13.1 Å². The fourth-order valence-electron chi connectivity index (χ4n) is 5.66. The Labute approximate surface area is 226 Å². The predicted octanol–water partition coefficient (Wildman–Crippen LogP) is 7.53. The first-order valence-corrected chi connectivity index (χ1v) is 12.7. The Morgan fingerprint density at radius 1 is 0.585 bits per heavy atom. The molecule has 0 aromatic carbocycles. The van der Waals surface area contributed by atoms with Crippen LogP contribution in [0.15, 0.2) is 0 Å². The molecule has 2 fully saturated rings. The van der Waals surface area contributed by atoms with E-state index in [2.05, 4.69) is 0 Å². The van der Waals surface area contributed by atoms with Gasteiger partial charge in [-0.15, -0.1) is 0 Å². The van der Waals surface area contributed by atoms with Crippen molar-refractivity contribution in [3.63, 3.8) is 0 Å². The van der Waals surface area contributed by atoms with E-state index in [0.29, 0.717) is 32.1 Å². The highest BCUT2D eigenvalue weighted by atomic mass is 19.4. The summed E-state index contributed by atoms with van der Waals surface area (Å²) in [5.41, 5.74) is 0. The average molecular weight is 626 g/mol. The zero-order chi connectivity index (χ0) is 31.6. The van der Waals surface area contributed by atoms with Crippen LogP contribution in [0, 0.1) is 11.8 Å². The molecule has 0 spiro atoms. The molecule has 2 atom stereocenters. The molecule has 2 saturated carbocycles. The molecule has 0 saturated heterocycles. The second kappa shape index (κ2) is 12.9. The molecule has 0 aromatic rings. The van der Waals surface area contributed by atoms with Crippen molar-refractivity contribution in [3.8, 4) is 0 Å². The van der Waals surface area contributed by atoms with Gasteiger partial charge in [0, 0.05) is 12.1 Å². The second-order valence-corrected chi connectivity index (χ2v) is 10.7. The van der Waals surface area contributed by atoms with Gasteiger partial charge < -0.3 is 10.2 Å². The van der Waals surface area contributed by atoms with Gasteiger partial charge in [0.1, 0.15) is 0 Å². The fourth-order valence-corrected chi connectivity index (χ4v) is 5.66. The molecule has 6 nitrogen and oxygen atoms in total. The molecule has 0 radical (unpaired) electrons. The molecule has 0 aromatic heterocycles. The molecule has 2 N–H and O–H groups in total. The third-order valence-electron chi connectivity index (χ3n) is 7.75. The quantitative estimate of drug-likeness (QED) is 0.246. The number of hydrogen-bond donors (Lipinski definition) is 2. The number of hydrogen-bond acceptors (Lipinski definition) is 2. The van der Waals surface area contributed by atoms with E-state index < -0.39 is 73.9 Å². The van der Waals surface area contributed by atoms with Crippen LogP contribution in [0.5, 0.6) is 0 Å². The summed E-state index contributed by atoms with van der Waals surface area (Å²) in [6.07, 6.45) is -23.0. The molecule has 0 heterocycles. The van der Waals surface area contributed by atoms with Crippen LogP contribution in [0.4, 0.5) is 62.3 Å². The smallest absolute Gasteiger partial charge is 0.425 e. The standard InChI is InChI=1S/C23H30F12N2O4/c24-16(22(30,31)32)20(26,27)10-36(18(38)39)14-5-1-12(2-6-14)9-13-3-7-15(8-4-13)37(19(40)41)11-21(28,29)17(25)23(33,34)35/h12-17H,1-11H2,(H,38,39)(H,40,41). The molecule has 18 heteroatoms. The summed E-state index contributed by atoms with van der Waals surface area (Å²) < 4.78 is 156. The minimum absolute atomic E-state index is 0.0108. The lowest BCUT2D eigenvalue weighted by molar-refractivity contribution is -0.248. The molecule has 2 aliphatic carbocycles. The third-order valence-corrected chi connectivity index (χ3v) is 7.75. The number of halogens is 12. The number of amides is 2. The SMILES string of the molecule is O=C(O)N(CC(F)(F)C(F)C(F)(F)F)C1CCC(CC2CCC(N(CC(F)(F)C(F)C(F)(F)F)C(=O)O)CC2)CC1. The molecule has 2 amide bonds. The summed E-state index contributed by atoms with van der Waals surface area (Å²) in [6, 6.07) is -2.15. The van der Waals surface area contributed by atoms with E-state index in [9.17, 15) is 72.5 Å². The van der Waals surface area contributed by atoms with Crippen LogP contribution >= 0.6 is 0 Å². The molecular formula is C23H30F12N2O4. The Balaban J connectivity index is 1.90. The van der Waals surface area contributed by atoms with Crippen molar-refractivity contribution >= 4 is 12.2 Å². The van der Waals surface area contributed by atoms with E-state index in [0.717, 1.165) is 0 Å². The summed E-state index contributed by atoms with van der Waals surface area (Å²) in [5, 5.41) is 18.5. The number of rotatable bonds is 10. The van der Waals surface area contributed by atoms with Gasteiger partial charge in [0.2, 0.25) is 0 Å². The zero-order valence-electron chi connectivity index (χ0n) is 21.4. The van der Waals surface area contributed by atoms with Crippen LogP contribution in [-0.2, 0) is 0 Å². The minimum Gasteiger partial charge on any atom is -0.465 e. The number of carbonyl (C=O) groups is 2. The van der Waals surface area contributed by atoms with Crippen LogP contribution in [0.25, 0.3) is 0 Å². The first kappa shape index (κ1) is 34.9. The van der Waals surface area contributed by atoms with Crippen LogP contribution in [0.2, 0.25) is 0 Å². The first-order valence-electron chi connectivity index (χ1n) is 12.7. The topological polar surface area (TPSA) is 81.1 Å². The Kier molecular flexibility index (Phi) is 11.0. The monoisotopic (exact) mass is 626 g/mol. The highest BCUT2D eigenvalue weighted by molar-refractivity contribution is 5.66. The van der Waals surface area contributed by atoms with Crippen LogP contribution in [0.1, 0.15) is 57.8 Å². The third kappa shape index (κ3) is 9.35. The lowest BCUT2D eigenvalue weighted by Gasteiger charge is -2.40. The molecular weight excluding hydrogens is 596 g/mol. The summed E-state index contributed by atoms with van der Waals surface area (Å²) in [4.78, 5) is 23.2. The van der Waals surface area contributed by atoms with Crippen molar-refractivity contribution in [2.45, 2.75) is 106 Å². The van der Waals surface area contributed by atoms with E-state index in [1.165, 1.54) is 0 Å². The minimum atomic E-state index is -5.88. The van der Waals surface area contributed by atoms with Crippen molar-refractivity contribution in [1.82, 2.24) is 9.80 Å². The average Bonchev–Trinajstić information content (AvgIpc) is 2.84. The van der Waals surface area contributed by atoms with Gasteiger partial charge in [0.25, 0.3) is 12.3 Å². The molecule has 2 aliphatic rings. The van der Waals surface area contributed by atoms with Crippen molar-refractivity contribution in [2.24, 2.45) is 11.8 Å². The highest BCUT2D eigenvalue weighted by Gasteiger charge is 2.59. The highest BCUT2D eigenvalue weighted by Crippen LogP contribution is 2.41. The van der Waals surface area contributed by atoms with Gasteiger partial charge >= 0.3 is 36.4 Å². The Hall–Kier alpha value is -2.30. The van der Waals surface area contributed by atoms with Gasteiger partial charge in [-0.25, -0.2) is 35.9 Å². The maximum Gasteiger partial charge on any atom is 0.425 e. The van der Waals surface area contributed by atoms with Gasteiger partial charge in [-0.2, -0.15) is 26.3 Å². The maximum absolute atomic E-state index is 13.8. The van der Waals surface area contributed by atoms with Gasteiger partial charge in [-0.1, -0.05) is 0 Å². The van der Waals surface area contributed by atoms with Crippen LogP contribution < -0.4 is 0 Å². The largest absolute Gasteiger partial charge is 0.465 e. The lowest BCUT2D eigenvalue weighted by atomic mass is 9.75. The molecule has 240 valence electrons. The Bertz CT molecular complexity index is 815.